The SMILES string of the molecule is O=C1CC2CCCC(C1)N2C(=O)c1ccccc1F. The van der Waals surface area contributed by atoms with Gasteiger partial charge in [-0.2, -0.15) is 0 Å². The van der Waals surface area contributed by atoms with Gasteiger partial charge in [-0.05, 0) is 31.4 Å². The number of hydrogen-bond donors (Lipinski definition) is 0. The van der Waals surface area contributed by atoms with Crippen LogP contribution in [0.25, 0.3) is 0 Å². The zero-order valence-electron chi connectivity index (χ0n) is 10.6. The fourth-order valence-electron chi connectivity index (χ4n) is 3.28. The number of Topliss-reactive ketones (excluding diaryl/α,β-unsaturated/α-hetero) is 1. The molecule has 0 N–H and O–H groups in total. The third kappa shape index (κ3) is 2.15. The van der Waals surface area contributed by atoms with Gasteiger partial charge in [0.25, 0.3) is 5.91 Å². The van der Waals surface area contributed by atoms with Crippen molar-refractivity contribution in [2.45, 2.75) is 44.2 Å². The van der Waals surface area contributed by atoms with E-state index < -0.39 is 5.82 Å². The van der Waals surface area contributed by atoms with Gasteiger partial charge in [-0.15, -0.1) is 0 Å². The molecular formula is C15H16FNO2. The van der Waals surface area contributed by atoms with E-state index >= 15 is 0 Å². The van der Waals surface area contributed by atoms with Gasteiger partial charge >= 0.3 is 0 Å². The second-order valence-corrected chi connectivity index (χ2v) is 5.38. The van der Waals surface area contributed by atoms with Crippen molar-refractivity contribution in [1.82, 2.24) is 4.90 Å². The molecule has 0 spiro atoms. The Balaban J connectivity index is 1.91. The molecule has 0 saturated carbocycles. The maximum atomic E-state index is 13.7. The number of benzene rings is 1. The van der Waals surface area contributed by atoms with Crippen molar-refractivity contribution in [1.29, 1.82) is 0 Å². The molecule has 2 aliphatic rings. The molecule has 3 rings (SSSR count). The summed E-state index contributed by atoms with van der Waals surface area (Å²) in [7, 11) is 0. The lowest BCUT2D eigenvalue weighted by atomic mass is 9.83. The van der Waals surface area contributed by atoms with Crippen molar-refractivity contribution in [2.75, 3.05) is 0 Å². The van der Waals surface area contributed by atoms with Gasteiger partial charge in [0.1, 0.15) is 11.6 Å². The van der Waals surface area contributed by atoms with Crippen molar-refractivity contribution in [2.24, 2.45) is 0 Å². The highest BCUT2D eigenvalue weighted by Crippen LogP contribution is 2.33. The topological polar surface area (TPSA) is 37.4 Å². The number of piperidine rings is 2. The van der Waals surface area contributed by atoms with Crippen molar-refractivity contribution in [3.63, 3.8) is 0 Å². The summed E-state index contributed by atoms with van der Waals surface area (Å²) in [5, 5.41) is 0. The minimum Gasteiger partial charge on any atom is -0.332 e. The molecule has 2 saturated heterocycles. The lowest BCUT2D eigenvalue weighted by molar-refractivity contribution is -0.125. The molecule has 2 unspecified atom stereocenters. The normalized spacial score (nSPS) is 26.4. The van der Waals surface area contributed by atoms with Crippen molar-refractivity contribution < 1.29 is 14.0 Å². The highest BCUT2D eigenvalue weighted by molar-refractivity contribution is 5.96. The number of carbonyl (C=O) groups excluding carboxylic acids is 2. The second-order valence-electron chi connectivity index (χ2n) is 5.38. The minimum atomic E-state index is -0.484. The first-order valence-corrected chi connectivity index (χ1v) is 6.75. The maximum absolute atomic E-state index is 13.7. The third-order valence-electron chi connectivity index (χ3n) is 4.13. The molecule has 0 aliphatic carbocycles. The summed E-state index contributed by atoms with van der Waals surface area (Å²) in [4.78, 5) is 25.9. The molecular weight excluding hydrogens is 245 g/mol. The summed E-state index contributed by atoms with van der Waals surface area (Å²) in [6.07, 6.45) is 3.60. The fourth-order valence-corrected chi connectivity index (χ4v) is 3.28. The molecule has 1 amide bonds. The summed E-state index contributed by atoms with van der Waals surface area (Å²) in [5.41, 5.74) is 0.119. The predicted molar refractivity (Wildman–Crippen MR) is 68.2 cm³/mol. The van der Waals surface area contributed by atoms with Crippen LogP contribution in [0, 0.1) is 5.82 Å². The Morgan fingerprint density at radius 1 is 1.16 bits per heavy atom. The molecule has 0 aromatic heterocycles. The number of carbonyl (C=O) groups is 2. The molecule has 2 atom stereocenters. The first-order chi connectivity index (χ1) is 9.16. The number of ketones is 1. The molecule has 2 heterocycles. The van der Waals surface area contributed by atoms with Gasteiger partial charge in [0.2, 0.25) is 0 Å². The lowest BCUT2D eigenvalue weighted by Crippen LogP contribution is -2.55. The molecule has 0 radical (unpaired) electrons. The van der Waals surface area contributed by atoms with Crippen LogP contribution in [-0.4, -0.2) is 28.7 Å². The van der Waals surface area contributed by atoms with Gasteiger partial charge in [0, 0.05) is 24.9 Å². The van der Waals surface area contributed by atoms with Crippen LogP contribution in [0.1, 0.15) is 42.5 Å². The van der Waals surface area contributed by atoms with E-state index in [9.17, 15) is 14.0 Å². The van der Waals surface area contributed by atoms with Crippen LogP contribution in [0.15, 0.2) is 24.3 Å². The van der Waals surface area contributed by atoms with Crippen LogP contribution in [0.2, 0.25) is 0 Å². The number of amides is 1. The highest BCUT2D eigenvalue weighted by Gasteiger charge is 2.40. The van der Waals surface area contributed by atoms with Crippen molar-refractivity contribution in [3.05, 3.63) is 35.6 Å². The van der Waals surface area contributed by atoms with E-state index in [1.54, 1.807) is 17.0 Å². The summed E-state index contributed by atoms with van der Waals surface area (Å²) >= 11 is 0. The molecule has 2 fully saturated rings. The Labute approximate surface area is 111 Å². The monoisotopic (exact) mass is 261 g/mol. The molecule has 2 bridgehead atoms. The maximum Gasteiger partial charge on any atom is 0.257 e. The zero-order valence-corrected chi connectivity index (χ0v) is 10.6. The standard InChI is InChI=1S/C15H16FNO2/c16-14-7-2-1-6-13(14)15(19)17-10-4-3-5-11(17)9-12(18)8-10/h1-2,6-7,10-11H,3-5,8-9H2. The zero-order chi connectivity index (χ0) is 13.4. The summed E-state index contributed by atoms with van der Waals surface area (Å²) in [6, 6.07) is 6.00. The molecule has 1 aromatic rings. The Morgan fingerprint density at radius 3 is 2.42 bits per heavy atom. The first kappa shape index (κ1) is 12.3. The van der Waals surface area contributed by atoms with Crippen LogP contribution in [0.3, 0.4) is 0 Å². The third-order valence-corrected chi connectivity index (χ3v) is 4.13. The van der Waals surface area contributed by atoms with E-state index in [-0.39, 0.29) is 29.3 Å². The van der Waals surface area contributed by atoms with Gasteiger partial charge in [-0.25, -0.2) is 4.39 Å². The largest absolute Gasteiger partial charge is 0.332 e. The van der Waals surface area contributed by atoms with E-state index in [0.29, 0.717) is 12.8 Å². The molecule has 100 valence electrons. The molecule has 3 nitrogen and oxygen atoms in total. The fraction of sp³-hybridized carbons (Fsp3) is 0.467. The quantitative estimate of drug-likeness (QED) is 0.779. The number of hydrogen-bond acceptors (Lipinski definition) is 2. The number of halogens is 1. The van der Waals surface area contributed by atoms with Gasteiger partial charge < -0.3 is 4.90 Å². The van der Waals surface area contributed by atoms with Gasteiger partial charge in [0.05, 0.1) is 5.56 Å². The Hall–Kier alpha value is -1.71. The van der Waals surface area contributed by atoms with E-state index in [0.717, 1.165) is 19.3 Å². The first-order valence-electron chi connectivity index (χ1n) is 6.75. The van der Waals surface area contributed by atoms with Crippen LogP contribution in [0.5, 0.6) is 0 Å². The minimum absolute atomic E-state index is 0.0351. The highest BCUT2D eigenvalue weighted by atomic mass is 19.1. The second kappa shape index (κ2) is 4.76. The summed E-state index contributed by atoms with van der Waals surface area (Å²) in [6.45, 7) is 0. The molecule has 19 heavy (non-hydrogen) atoms. The van der Waals surface area contributed by atoms with Crippen molar-refractivity contribution >= 4 is 11.7 Å². The number of fused-ring (bicyclic) bond motifs is 2. The van der Waals surface area contributed by atoms with Gasteiger partial charge in [-0.3, -0.25) is 9.59 Å². The smallest absolute Gasteiger partial charge is 0.257 e. The number of rotatable bonds is 1. The Morgan fingerprint density at radius 2 is 1.79 bits per heavy atom. The van der Waals surface area contributed by atoms with Crippen LogP contribution in [0.4, 0.5) is 4.39 Å². The Bertz CT molecular complexity index is 513. The van der Waals surface area contributed by atoms with Crippen LogP contribution in [-0.2, 0) is 4.79 Å². The molecule has 4 heteroatoms. The van der Waals surface area contributed by atoms with Crippen LogP contribution >= 0.6 is 0 Å². The average Bonchev–Trinajstić information content (AvgIpc) is 2.37. The molecule has 2 aliphatic heterocycles. The predicted octanol–water partition coefficient (Wildman–Crippen LogP) is 2.55. The van der Waals surface area contributed by atoms with E-state index in [2.05, 4.69) is 0 Å². The van der Waals surface area contributed by atoms with Crippen molar-refractivity contribution in [3.8, 4) is 0 Å². The van der Waals surface area contributed by atoms with E-state index in [4.69, 9.17) is 0 Å². The summed E-state index contributed by atoms with van der Waals surface area (Å²) < 4.78 is 13.7. The summed E-state index contributed by atoms with van der Waals surface area (Å²) in [5.74, 6) is -0.518. The van der Waals surface area contributed by atoms with Crippen LogP contribution < -0.4 is 0 Å². The van der Waals surface area contributed by atoms with E-state index in [1.165, 1.54) is 12.1 Å². The Kier molecular flexibility index (Phi) is 3.09. The van der Waals surface area contributed by atoms with Gasteiger partial charge in [-0.1, -0.05) is 12.1 Å². The number of nitrogens with zero attached hydrogens (tertiary/aromatic N) is 1. The molecule has 1 aromatic carbocycles. The lowest BCUT2D eigenvalue weighted by Gasteiger charge is -2.45. The van der Waals surface area contributed by atoms with Gasteiger partial charge in [0.15, 0.2) is 0 Å². The van der Waals surface area contributed by atoms with E-state index in [1.807, 2.05) is 0 Å². The average molecular weight is 261 g/mol.